The fraction of sp³-hybridized carbons (Fsp3) is 0.720. The molecule has 6 heteroatoms. The summed E-state index contributed by atoms with van der Waals surface area (Å²) >= 11 is 0. The number of likely N-dealkylation sites (tertiary alicyclic amines) is 1. The molecular formula is C25H35FN2O3. The Morgan fingerprint density at radius 2 is 1.71 bits per heavy atom. The first kappa shape index (κ1) is 21.4. The Morgan fingerprint density at radius 3 is 2.39 bits per heavy atom. The molecule has 1 amide bonds. The van der Waals surface area contributed by atoms with Crippen LogP contribution in [0.4, 0.5) is 4.39 Å². The van der Waals surface area contributed by atoms with Crippen LogP contribution in [-0.4, -0.2) is 66.3 Å². The maximum absolute atomic E-state index is 13.3. The first-order valence-electron chi connectivity index (χ1n) is 12.1. The Labute approximate surface area is 184 Å². The summed E-state index contributed by atoms with van der Waals surface area (Å²) < 4.78 is 25.1. The van der Waals surface area contributed by atoms with Gasteiger partial charge in [0.1, 0.15) is 5.82 Å². The van der Waals surface area contributed by atoms with Crippen LogP contribution in [0, 0.1) is 11.7 Å². The second-order valence-electron chi connectivity index (χ2n) is 9.92. The molecule has 170 valence electrons. The Morgan fingerprint density at radius 1 is 1.00 bits per heavy atom. The molecule has 0 N–H and O–H groups in total. The minimum atomic E-state index is -0.172. The molecule has 1 spiro atoms. The van der Waals surface area contributed by atoms with Gasteiger partial charge < -0.3 is 14.4 Å². The molecule has 1 aromatic carbocycles. The van der Waals surface area contributed by atoms with E-state index in [9.17, 15) is 9.18 Å². The van der Waals surface area contributed by atoms with Crippen LogP contribution in [0.25, 0.3) is 0 Å². The molecule has 5 rings (SSSR count). The highest BCUT2D eigenvalue weighted by atomic mass is 19.1. The highest BCUT2D eigenvalue weighted by Crippen LogP contribution is 2.41. The largest absolute Gasteiger partial charge is 0.381 e. The van der Waals surface area contributed by atoms with Crippen molar-refractivity contribution >= 4 is 5.91 Å². The van der Waals surface area contributed by atoms with Gasteiger partial charge in [0.05, 0.1) is 5.60 Å². The zero-order valence-corrected chi connectivity index (χ0v) is 18.4. The van der Waals surface area contributed by atoms with Gasteiger partial charge in [-0.1, -0.05) is 12.1 Å². The topological polar surface area (TPSA) is 42.0 Å². The molecule has 0 bridgehead atoms. The van der Waals surface area contributed by atoms with E-state index >= 15 is 0 Å². The monoisotopic (exact) mass is 430 g/mol. The summed E-state index contributed by atoms with van der Waals surface area (Å²) in [4.78, 5) is 17.6. The van der Waals surface area contributed by atoms with Crippen LogP contribution in [0.2, 0.25) is 0 Å². The molecule has 0 aromatic heterocycles. The molecule has 1 aromatic rings. The molecule has 0 radical (unpaired) electrons. The fourth-order valence-electron chi connectivity index (χ4n) is 5.73. The van der Waals surface area contributed by atoms with Gasteiger partial charge in [-0.3, -0.25) is 9.69 Å². The maximum atomic E-state index is 13.3. The Kier molecular flexibility index (Phi) is 6.31. The van der Waals surface area contributed by atoms with E-state index in [1.807, 2.05) is 12.1 Å². The van der Waals surface area contributed by atoms with Gasteiger partial charge in [-0.2, -0.15) is 0 Å². The van der Waals surface area contributed by atoms with Crippen molar-refractivity contribution in [3.63, 3.8) is 0 Å². The SMILES string of the molecule is O=C(C1CCOCC1)N1CCC2(CC1)CC(N(Cc1ccc(F)cc1)C1CC1)CCO2. The van der Waals surface area contributed by atoms with Crippen molar-refractivity contribution in [3.8, 4) is 0 Å². The van der Waals surface area contributed by atoms with E-state index in [2.05, 4.69) is 9.80 Å². The van der Waals surface area contributed by atoms with Gasteiger partial charge in [0.2, 0.25) is 5.91 Å². The highest BCUT2D eigenvalue weighted by molar-refractivity contribution is 5.79. The van der Waals surface area contributed by atoms with E-state index in [0.29, 0.717) is 31.2 Å². The second kappa shape index (κ2) is 9.16. The zero-order valence-electron chi connectivity index (χ0n) is 18.4. The predicted octanol–water partition coefficient (Wildman–Crippen LogP) is 3.76. The number of carbonyl (C=O) groups is 1. The second-order valence-corrected chi connectivity index (χ2v) is 9.92. The summed E-state index contributed by atoms with van der Waals surface area (Å²) in [5.41, 5.74) is 1.09. The molecule has 4 fully saturated rings. The highest BCUT2D eigenvalue weighted by Gasteiger charge is 2.45. The fourth-order valence-corrected chi connectivity index (χ4v) is 5.73. The lowest BCUT2D eigenvalue weighted by atomic mass is 9.81. The molecule has 5 nitrogen and oxygen atoms in total. The number of amides is 1. The van der Waals surface area contributed by atoms with Crippen molar-refractivity contribution in [1.29, 1.82) is 0 Å². The lowest BCUT2D eigenvalue weighted by molar-refractivity contribution is -0.154. The first-order valence-corrected chi connectivity index (χ1v) is 12.1. The number of rotatable bonds is 5. The first-order chi connectivity index (χ1) is 15.1. The standard InChI is InChI=1S/C25H35FN2O3/c26-21-3-1-19(2-4-21)18-28(22-5-6-22)23-9-16-31-25(17-23)10-12-27(13-11-25)24(29)20-7-14-30-15-8-20/h1-4,20,22-23H,5-18H2. The van der Waals surface area contributed by atoms with Crippen molar-refractivity contribution in [1.82, 2.24) is 9.80 Å². The molecule has 1 unspecified atom stereocenters. The Hall–Kier alpha value is -1.50. The van der Waals surface area contributed by atoms with Crippen molar-refractivity contribution in [3.05, 3.63) is 35.6 Å². The third-order valence-corrected chi connectivity index (χ3v) is 7.79. The number of ether oxygens (including phenoxy) is 2. The quantitative estimate of drug-likeness (QED) is 0.713. The average Bonchev–Trinajstić information content (AvgIpc) is 3.65. The van der Waals surface area contributed by atoms with E-state index in [-0.39, 0.29) is 17.3 Å². The van der Waals surface area contributed by atoms with Gasteiger partial charge in [0.25, 0.3) is 0 Å². The van der Waals surface area contributed by atoms with Crippen LogP contribution < -0.4 is 0 Å². The lowest BCUT2D eigenvalue weighted by Crippen LogP contribution is -2.55. The summed E-state index contributed by atoms with van der Waals surface area (Å²) in [6, 6.07) is 8.12. The minimum absolute atomic E-state index is 0.0920. The molecular weight excluding hydrogens is 395 g/mol. The molecule has 3 heterocycles. The third-order valence-electron chi connectivity index (χ3n) is 7.79. The van der Waals surface area contributed by atoms with Crippen LogP contribution in [0.5, 0.6) is 0 Å². The Bertz CT molecular complexity index is 753. The van der Waals surface area contributed by atoms with E-state index in [1.165, 1.54) is 18.4 Å². The minimum Gasteiger partial charge on any atom is -0.381 e. The van der Waals surface area contributed by atoms with E-state index in [4.69, 9.17) is 9.47 Å². The van der Waals surface area contributed by atoms with Crippen LogP contribution in [0.3, 0.4) is 0 Å². The number of halogens is 1. The maximum Gasteiger partial charge on any atom is 0.225 e. The van der Waals surface area contributed by atoms with E-state index in [0.717, 1.165) is 64.8 Å². The van der Waals surface area contributed by atoms with Gasteiger partial charge in [-0.15, -0.1) is 0 Å². The third kappa shape index (κ3) is 4.96. The molecule has 3 saturated heterocycles. The van der Waals surface area contributed by atoms with Crippen LogP contribution in [0.1, 0.15) is 56.9 Å². The van der Waals surface area contributed by atoms with Gasteiger partial charge in [0.15, 0.2) is 0 Å². The van der Waals surface area contributed by atoms with Gasteiger partial charge in [0, 0.05) is 57.5 Å². The van der Waals surface area contributed by atoms with Crippen molar-refractivity contribution < 1.29 is 18.7 Å². The number of benzene rings is 1. The van der Waals surface area contributed by atoms with Gasteiger partial charge >= 0.3 is 0 Å². The summed E-state index contributed by atoms with van der Waals surface area (Å²) in [5.74, 6) is 0.291. The summed E-state index contributed by atoms with van der Waals surface area (Å²) in [5, 5.41) is 0. The molecule has 31 heavy (non-hydrogen) atoms. The van der Waals surface area contributed by atoms with E-state index < -0.39 is 0 Å². The van der Waals surface area contributed by atoms with Gasteiger partial charge in [-0.05, 0) is 69.1 Å². The van der Waals surface area contributed by atoms with Crippen molar-refractivity contribution in [2.75, 3.05) is 32.9 Å². The summed E-state index contributed by atoms with van der Waals surface area (Å²) in [6.45, 7) is 4.73. The summed E-state index contributed by atoms with van der Waals surface area (Å²) in [6.07, 6.45) is 8.23. The molecule has 1 saturated carbocycles. The van der Waals surface area contributed by atoms with Crippen LogP contribution in [0.15, 0.2) is 24.3 Å². The van der Waals surface area contributed by atoms with Crippen LogP contribution >= 0.6 is 0 Å². The number of hydrogen-bond acceptors (Lipinski definition) is 4. The van der Waals surface area contributed by atoms with Gasteiger partial charge in [-0.25, -0.2) is 4.39 Å². The zero-order chi connectivity index (χ0) is 21.3. The molecule has 1 atom stereocenters. The predicted molar refractivity (Wildman–Crippen MR) is 116 cm³/mol. The van der Waals surface area contributed by atoms with E-state index in [1.54, 1.807) is 12.1 Å². The molecule has 3 aliphatic heterocycles. The number of carbonyl (C=O) groups excluding carboxylic acids is 1. The number of piperidine rings is 1. The Balaban J connectivity index is 1.20. The number of hydrogen-bond donors (Lipinski definition) is 0. The smallest absolute Gasteiger partial charge is 0.225 e. The normalized spacial score (nSPS) is 27.0. The van der Waals surface area contributed by atoms with Crippen molar-refractivity contribution in [2.24, 2.45) is 5.92 Å². The van der Waals surface area contributed by atoms with Crippen LogP contribution in [-0.2, 0) is 20.8 Å². The lowest BCUT2D eigenvalue weighted by Gasteiger charge is -2.49. The average molecular weight is 431 g/mol. The molecule has 4 aliphatic rings. The summed E-state index contributed by atoms with van der Waals surface area (Å²) in [7, 11) is 0. The molecule has 1 aliphatic carbocycles. The van der Waals surface area contributed by atoms with Crippen molar-refractivity contribution in [2.45, 2.75) is 75.6 Å². The number of nitrogens with zero attached hydrogens (tertiary/aromatic N) is 2.